The molecule has 0 radical (unpaired) electrons. The molecule has 0 spiro atoms. The lowest BCUT2D eigenvalue weighted by atomic mass is 10.2. The molecule has 0 aromatic rings. The minimum atomic E-state index is -0.559. The first-order valence-corrected chi connectivity index (χ1v) is 4.40. The van der Waals surface area contributed by atoms with E-state index in [2.05, 4.69) is 4.74 Å². The van der Waals surface area contributed by atoms with Gasteiger partial charge in [-0.3, -0.25) is 9.59 Å². The van der Waals surface area contributed by atoms with Crippen molar-refractivity contribution >= 4 is 11.9 Å². The Labute approximate surface area is 78.2 Å². The minimum absolute atomic E-state index is 0.0860. The lowest BCUT2D eigenvalue weighted by Crippen LogP contribution is -2.19. The molecule has 0 saturated carbocycles. The summed E-state index contributed by atoms with van der Waals surface area (Å²) in [7, 11) is 1.24. The number of rotatable bonds is 5. The Morgan fingerprint density at radius 3 is 2.08 bits per heavy atom. The number of hydrogen-bond donors (Lipinski definition) is 0. The largest absolute Gasteiger partial charge is 0.469 e. The summed E-state index contributed by atoms with van der Waals surface area (Å²) in [4.78, 5) is 21.7. The average molecular weight is 188 g/mol. The molecule has 0 atom stereocenters. The van der Waals surface area contributed by atoms with E-state index < -0.39 is 11.9 Å². The third-order valence-electron chi connectivity index (χ3n) is 1.73. The summed E-state index contributed by atoms with van der Waals surface area (Å²) in [6, 6.07) is 0. The van der Waals surface area contributed by atoms with Crippen molar-refractivity contribution in [3.05, 3.63) is 0 Å². The van der Waals surface area contributed by atoms with Crippen molar-refractivity contribution in [3.8, 4) is 0 Å². The normalized spacial score (nSPS) is 9.85. The summed E-state index contributed by atoms with van der Waals surface area (Å²) < 4.78 is 9.31. The van der Waals surface area contributed by atoms with Gasteiger partial charge in [0.2, 0.25) is 0 Å². The van der Waals surface area contributed by atoms with E-state index in [1.807, 2.05) is 13.8 Å². The Morgan fingerprint density at radius 2 is 1.69 bits per heavy atom. The lowest BCUT2D eigenvalue weighted by Gasteiger charge is -2.12. The summed E-state index contributed by atoms with van der Waals surface area (Å²) in [5.41, 5.74) is 0. The van der Waals surface area contributed by atoms with E-state index in [1.54, 1.807) is 0 Å². The summed E-state index contributed by atoms with van der Waals surface area (Å²) in [5.74, 6) is -1.07. The average Bonchev–Trinajstić information content (AvgIpc) is 2.13. The van der Waals surface area contributed by atoms with E-state index in [0.717, 1.165) is 12.8 Å². The fraction of sp³-hybridized carbons (Fsp3) is 0.778. The monoisotopic (exact) mass is 188 g/mol. The SMILES string of the molecule is CCC(CC)OC(=O)CC(=O)OC. The maximum absolute atomic E-state index is 11.0. The van der Waals surface area contributed by atoms with Gasteiger partial charge in [0.1, 0.15) is 12.5 Å². The highest BCUT2D eigenvalue weighted by molar-refractivity contribution is 5.91. The molecule has 13 heavy (non-hydrogen) atoms. The molecule has 0 aliphatic rings. The number of ether oxygens (including phenoxy) is 2. The Balaban J connectivity index is 3.79. The van der Waals surface area contributed by atoms with Crippen molar-refractivity contribution in [2.45, 2.75) is 39.2 Å². The predicted octanol–water partition coefficient (Wildman–Crippen LogP) is 1.28. The zero-order valence-corrected chi connectivity index (χ0v) is 8.33. The molecule has 0 N–H and O–H groups in total. The van der Waals surface area contributed by atoms with Crippen LogP contribution in [-0.2, 0) is 19.1 Å². The molecule has 0 aliphatic carbocycles. The topological polar surface area (TPSA) is 52.6 Å². The van der Waals surface area contributed by atoms with Crippen molar-refractivity contribution in [2.24, 2.45) is 0 Å². The molecule has 0 fully saturated rings. The van der Waals surface area contributed by atoms with Crippen molar-refractivity contribution < 1.29 is 19.1 Å². The van der Waals surface area contributed by atoms with Crippen LogP contribution in [0.2, 0.25) is 0 Å². The molecule has 0 bridgehead atoms. The Morgan fingerprint density at radius 1 is 1.15 bits per heavy atom. The molecule has 0 rings (SSSR count). The van der Waals surface area contributed by atoms with Gasteiger partial charge in [-0.15, -0.1) is 0 Å². The molecular formula is C9H16O4. The fourth-order valence-corrected chi connectivity index (χ4v) is 0.873. The summed E-state index contributed by atoms with van der Waals surface area (Å²) in [6.07, 6.45) is 1.15. The molecule has 4 heteroatoms. The molecule has 0 aromatic carbocycles. The molecule has 4 nitrogen and oxygen atoms in total. The van der Waals surface area contributed by atoms with Gasteiger partial charge in [0, 0.05) is 0 Å². The lowest BCUT2D eigenvalue weighted by molar-refractivity contribution is -0.156. The van der Waals surface area contributed by atoms with Crippen LogP contribution >= 0.6 is 0 Å². The quantitative estimate of drug-likeness (QED) is 0.481. The van der Waals surface area contributed by atoms with Crippen LogP contribution in [-0.4, -0.2) is 25.2 Å². The number of hydrogen-bond acceptors (Lipinski definition) is 4. The van der Waals surface area contributed by atoms with Crippen LogP contribution in [0.3, 0.4) is 0 Å². The Bertz CT molecular complexity index is 172. The molecule has 0 aliphatic heterocycles. The van der Waals surface area contributed by atoms with E-state index in [-0.39, 0.29) is 12.5 Å². The first-order valence-electron chi connectivity index (χ1n) is 4.40. The second-order valence-corrected chi connectivity index (χ2v) is 2.68. The summed E-state index contributed by atoms with van der Waals surface area (Å²) >= 11 is 0. The first-order chi connectivity index (χ1) is 6.13. The third kappa shape index (κ3) is 5.22. The van der Waals surface area contributed by atoms with Gasteiger partial charge in [-0.05, 0) is 12.8 Å². The Kier molecular flexibility index (Phi) is 5.93. The van der Waals surface area contributed by atoms with Crippen LogP contribution < -0.4 is 0 Å². The van der Waals surface area contributed by atoms with Crippen molar-refractivity contribution in [1.82, 2.24) is 0 Å². The zero-order valence-electron chi connectivity index (χ0n) is 8.33. The van der Waals surface area contributed by atoms with Gasteiger partial charge < -0.3 is 9.47 Å². The highest BCUT2D eigenvalue weighted by atomic mass is 16.6. The minimum Gasteiger partial charge on any atom is -0.469 e. The van der Waals surface area contributed by atoms with E-state index in [9.17, 15) is 9.59 Å². The fourth-order valence-electron chi connectivity index (χ4n) is 0.873. The summed E-state index contributed by atoms with van der Waals surface area (Å²) in [6.45, 7) is 3.86. The zero-order chi connectivity index (χ0) is 10.3. The van der Waals surface area contributed by atoms with E-state index >= 15 is 0 Å². The van der Waals surface area contributed by atoms with Gasteiger partial charge >= 0.3 is 11.9 Å². The van der Waals surface area contributed by atoms with Crippen molar-refractivity contribution in [3.63, 3.8) is 0 Å². The van der Waals surface area contributed by atoms with Crippen LogP contribution in [0, 0.1) is 0 Å². The Hall–Kier alpha value is -1.06. The molecule has 76 valence electrons. The van der Waals surface area contributed by atoms with Gasteiger partial charge in [0.15, 0.2) is 0 Å². The number of carbonyl (C=O) groups excluding carboxylic acids is 2. The van der Waals surface area contributed by atoms with Crippen LogP contribution in [0.25, 0.3) is 0 Å². The standard InChI is InChI=1S/C9H16O4/c1-4-7(5-2)13-9(11)6-8(10)12-3/h7H,4-6H2,1-3H3. The van der Waals surface area contributed by atoms with Gasteiger partial charge in [0.05, 0.1) is 7.11 Å². The molecule has 0 saturated heterocycles. The molecule has 0 heterocycles. The number of carbonyl (C=O) groups is 2. The number of esters is 2. The maximum Gasteiger partial charge on any atom is 0.317 e. The molecule has 0 aromatic heterocycles. The van der Waals surface area contributed by atoms with E-state index in [4.69, 9.17) is 4.74 Å². The molecule has 0 amide bonds. The van der Waals surface area contributed by atoms with Crippen molar-refractivity contribution in [2.75, 3.05) is 7.11 Å². The molecule has 0 unspecified atom stereocenters. The van der Waals surface area contributed by atoms with Gasteiger partial charge in [-0.25, -0.2) is 0 Å². The van der Waals surface area contributed by atoms with Crippen LogP contribution in [0.1, 0.15) is 33.1 Å². The van der Waals surface area contributed by atoms with Crippen LogP contribution in [0.15, 0.2) is 0 Å². The molecular weight excluding hydrogens is 172 g/mol. The number of methoxy groups -OCH3 is 1. The second-order valence-electron chi connectivity index (χ2n) is 2.68. The van der Waals surface area contributed by atoms with Gasteiger partial charge in [0.25, 0.3) is 0 Å². The van der Waals surface area contributed by atoms with Gasteiger partial charge in [-0.2, -0.15) is 0 Å². The highest BCUT2D eigenvalue weighted by Gasteiger charge is 2.14. The van der Waals surface area contributed by atoms with E-state index in [0.29, 0.717) is 0 Å². The third-order valence-corrected chi connectivity index (χ3v) is 1.73. The smallest absolute Gasteiger partial charge is 0.317 e. The van der Waals surface area contributed by atoms with Crippen molar-refractivity contribution in [1.29, 1.82) is 0 Å². The summed E-state index contributed by atoms with van der Waals surface area (Å²) in [5, 5.41) is 0. The van der Waals surface area contributed by atoms with Crippen LogP contribution in [0.4, 0.5) is 0 Å². The second kappa shape index (κ2) is 6.46. The van der Waals surface area contributed by atoms with Gasteiger partial charge in [-0.1, -0.05) is 13.8 Å². The maximum atomic E-state index is 11.0. The highest BCUT2D eigenvalue weighted by Crippen LogP contribution is 2.04. The van der Waals surface area contributed by atoms with Crippen LogP contribution in [0.5, 0.6) is 0 Å². The van der Waals surface area contributed by atoms with E-state index in [1.165, 1.54) is 7.11 Å². The predicted molar refractivity (Wildman–Crippen MR) is 47.1 cm³/mol. The first kappa shape index (κ1) is 11.9.